The highest BCUT2D eigenvalue weighted by atomic mass is 15.2. The maximum absolute atomic E-state index is 4.57. The smallest absolute Gasteiger partial charge is 0.181 e. The maximum atomic E-state index is 4.57. The number of aromatic nitrogens is 7. The molecular weight excluding hydrogens is 390 g/mol. The van der Waals surface area contributed by atoms with E-state index in [2.05, 4.69) is 64.1 Å². The van der Waals surface area contributed by atoms with Crippen LogP contribution in [-0.2, 0) is 0 Å². The highest BCUT2D eigenvalue weighted by Gasteiger charge is 2.19. The molecule has 9 nitrogen and oxygen atoms in total. The fraction of sp³-hybridized carbons (Fsp3) is 0.227. The summed E-state index contributed by atoms with van der Waals surface area (Å²) in [5.41, 5.74) is 6.24. The third kappa shape index (κ3) is 3.10. The van der Waals surface area contributed by atoms with E-state index in [9.17, 15) is 0 Å². The van der Waals surface area contributed by atoms with Crippen molar-refractivity contribution in [2.45, 2.75) is 0 Å². The quantitative estimate of drug-likeness (QED) is 0.471. The molecule has 1 saturated heterocycles. The molecule has 9 heteroatoms. The van der Waals surface area contributed by atoms with Gasteiger partial charge in [-0.1, -0.05) is 0 Å². The monoisotopic (exact) mass is 411 g/mol. The van der Waals surface area contributed by atoms with Crippen molar-refractivity contribution >= 4 is 27.8 Å². The molecule has 0 bridgehead atoms. The van der Waals surface area contributed by atoms with Gasteiger partial charge in [0, 0.05) is 73.0 Å². The molecule has 0 aromatic carbocycles. The van der Waals surface area contributed by atoms with Gasteiger partial charge in [-0.25, -0.2) is 9.97 Å². The second-order valence-corrected chi connectivity index (χ2v) is 7.85. The summed E-state index contributed by atoms with van der Waals surface area (Å²) in [4.78, 5) is 25.9. The van der Waals surface area contributed by atoms with Crippen LogP contribution in [0.1, 0.15) is 0 Å². The lowest BCUT2D eigenvalue weighted by molar-refractivity contribution is 0.313. The van der Waals surface area contributed by atoms with Crippen LogP contribution in [-0.4, -0.2) is 73.2 Å². The van der Waals surface area contributed by atoms with Crippen molar-refractivity contribution in [3.63, 3.8) is 0 Å². The second kappa shape index (κ2) is 7.13. The van der Waals surface area contributed by atoms with E-state index in [4.69, 9.17) is 0 Å². The molecule has 1 aliphatic heterocycles. The van der Waals surface area contributed by atoms with E-state index < -0.39 is 0 Å². The third-order valence-electron chi connectivity index (χ3n) is 5.89. The van der Waals surface area contributed by atoms with E-state index in [1.165, 1.54) is 5.69 Å². The molecule has 5 aromatic rings. The lowest BCUT2D eigenvalue weighted by Gasteiger charge is -2.34. The van der Waals surface area contributed by atoms with Gasteiger partial charge in [-0.3, -0.25) is 15.1 Å². The minimum atomic E-state index is 0.661. The minimum absolute atomic E-state index is 0.661. The molecule has 6 rings (SSSR count). The van der Waals surface area contributed by atoms with Crippen LogP contribution in [0.5, 0.6) is 0 Å². The van der Waals surface area contributed by atoms with Gasteiger partial charge in [0.25, 0.3) is 0 Å². The predicted molar refractivity (Wildman–Crippen MR) is 120 cm³/mol. The second-order valence-electron chi connectivity index (χ2n) is 7.85. The molecular formula is C22H21N9. The van der Waals surface area contributed by atoms with Gasteiger partial charge in [0.2, 0.25) is 0 Å². The Morgan fingerprint density at radius 1 is 0.903 bits per heavy atom. The van der Waals surface area contributed by atoms with Crippen LogP contribution in [0.15, 0.2) is 49.2 Å². The molecule has 0 aliphatic carbocycles. The summed E-state index contributed by atoms with van der Waals surface area (Å²) in [6, 6.07) is 6.30. The zero-order chi connectivity index (χ0) is 20.8. The van der Waals surface area contributed by atoms with Crippen molar-refractivity contribution in [3.05, 3.63) is 49.2 Å². The first-order valence-corrected chi connectivity index (χ1v) is 10.3. The van der Waals surface area contributed by atoms with Gasteiger partial charge in [0.1, 0.15) is 5.65 Å². The maximum Gasteiger partial charge on any atom is 0.181 e. The number of pyridine rings is 2. The molecule has 0 spiro atoms. The van der Waals surface area contributed by atoms with E-state index >= 15 is 0 Å². The van der Waals surface area contributed by atoms with Gasteiger partial charge >= 0.3 is 0 Å². The molecule has 0 atom stereocenters. The lowest BCUT2D eigenvalue weighted by Crippen LogP contribution is -2.44. The van der Waals surface area contributed by atoms with Crippen molar-refractivity contribution in [3.8, 4) is 22.6 Å². The Morgan fingerprint density at radius 3 is 2.65 bits per heavy atom. The summed E-state index contributed by atoms with van der Waals surface area (Å²) in [6.45, 7) is 4.13. The normalized spacial score (nSPS) is 15.2. The summed E-state index contributed by atoms with van der Waals surface area (Å²) in [7, 11) is 2.17. The topological polar surface area (TPSA) is 103 Å². The molecule has 0 unspecified atom stereocenters. The van der Waals surface area contributed by atoms with Gasteiger partial charge in [-0.05, 0) is 25.2 Å². The fourth-order valence-electron chi connectivity index (χ4n) is 4.16. The summed E-state index contributed by atoms with van der Waals surface area (Å²) in [6.07, 6.45) is 8.72. The van der Waals surface area contributed by atoms with Crippen molar-refractivity contribution in [1.82, 2.24) is 40.0 Å². The Bertz CT molecular complexity index is 1360. The highest BCUT2D eigenvalue weighted by molar-refractivity contribution is 5.98. The van der Waals surface area contributed by atoms with E-state index in [0.717, 1.165) is 65.2 Å². The molecule has 6 heterocycles. The standard InChI is InChI=1S/C22H21N9/c1-30-6-8-31(9-7-30)19-2-3-25-21-15(19)11-17(27-21)20-16-10-14(12-26-22(16)29-28-20)18-13-23-4-5-24-18/h2-5,10-13H,6-9H2,1H3,(H,25,27)(H,26,28,29). The number of anilines is 1. The van der Waals surface area contributed by atoms with Crippen LogP contribution in [0.3, 0.4) is 0 Å². The number of nitrogens with zero attached hydrogens (tertiary/aromatic N) is 7. The number of likely N-dealkylation sites (N-methyl/N-ethyl adjacent to an activating group) is 1. The molecule has 31 heavy (non-hydrogen) atoms. The van der Waals surface area contributed by atoms with Crippen molar-refractivity contribution in [2.75, 3.05) is 38.1 Å². The zero-order valence-electron chi connectivity index (χ0n) is 17.1. The molecule has 0 radical (unpaired) electrons. The molecule has 0 amide bonds. The minimum Gasteiger partial charge on any atom is -0.368 e. The van der Waals surface area contributed by atoms with Crippen LogP contribution in [0, 0.1) is 0 Å². The SMILES string of the molecule is CN1CCN(c2ccnc3[nH]c(-c4[nH]nc5ncc(-c6cnccn6)cc45)cc23)CC1. The van der Waals surface area contributed by atoms with Gasteiger partial charge in [0.15, 0.2) is 5.65 Å². The molecule has 1 fully saturated rings. The first kappa shape index (κ1) is 18.0. The first-order chi connectivity index (χ1) is 15.3. The lowest BCUT2D eigenvalue weighted by atomic mass is 10.1. The van der Waals surface area contributed by atoms with E-state index in [1.54, 1.807) is 24.8 Å². The number of piperazine rings is 1. The molecule has 5 aromatic heterocycles. The summed E-state index contributed by atoms with van der Waals surface area (Å²) in [5, 5.41) is 9.58. The van der Waals surface area contributed by atoms with E-state index in [-0.39, 0.29) is 0 Å². The summed E-state index contributed by atoms with van der Waals surface area (Å²) >= 11 is 0. The number of hydrogen-bond donors (Lipinski definition) is 2. The van der Waals surface area contributed by atoms with Gasteiger partial charge in [0.05, 0.1) is 23.3 Å². The van der Waals surface area contributed by atoms with Crippen LogP contribution < -0.4 is 4.90 Å². The van der Waals surface area contributed by atoms with Crippen molar-refractivity contribution in [1.29, 1.82) is 0 Å². The number of hydrogen-bond acceptors (Lipinski definition) is 7. The zero-order valence-corrected chi connectivity index (χ0v) is 17.1. The third-order valence-corrected chi connectivity index (χ3v) is 5.89. The van der Waals surface area contributed by atoms with Gasteiger partial charge in [-0.15, -0.1) is 0 Å². The van der Waals surface area contributed by atoms with Crippen molar-refractivity contribution < 1.29 is 0 Å². The predicted octanol–water partition coefficient (Wildman–Crippen LogP) is 2.71. The number of rotatable bonds is 3. The number of nitrogens with one attached hydrogen (secondary N) is 2. The largest absolute Gasteiger partial charge is 0.368 e. The van der Waals surface area contributed by atoms with Crippen molar-refractivity contribution in [2.24, 2.45) is 0 Å². The fourth-order valence-corrected chi connectivity index (χ4v) is 4.16. The Labute approximate surface area is 178 Å². The van der Waals surface area contributed by atoms with Crippen LogP contribution >= 0.6 is 0 Å². The van der Waals surface area contributed by atoms with Crippen LogP contribution in [0.4, 0.5) is 5.69 Å². The number of aromatic amines is 2. The summed E-state index contributed by atoms with van der Waals surface area (Å²) < 4.78 is 0. The van der Waals surface area contributed by atoms with Gasteiger partial charge < -0.3 is 14.8 Å². The Morgan fingerprint density at radius 2 is 1.81 bits per heavy atom. The Balaban J connectivity index is 1.44. The number of fused-ring (bicyclic) bond motifs is 2. The Hall–Kier alpha value is -3.85. The molecule has 0 saturated carbocycles. The summed E-state index contributed by atoms with van der Waals surface area (Å²) in [5.74, 6) is 0. The van der Waals surface area contributed by atoms with Crippen LogP contribution in [0.2, 0.25) is 0 Å². The van der Waals surface area contributed by atoms with E-state index in [1.807, 2.05) is 12.3 Å². The number of H-pyrrole nitrogens is 2. The molecule has 1 aliphatic rings. The first-order valence-electron chi connectivity index (χ1n) is 10.3. The average Bonchev–Trinajstić information content (AvgIpc) is 3.43. The van der Waals surface area contributed by atoms with Gasteiger partial charge in [-0.2, -0.15) is 5.10 Å². The highest BCUT2D eigenvalue weighted by Crippen LogP contribution is 2.33. The average molecular weight is 411 g/mol. The molecule has 154 valence electrons. The van der Waals surface area contributed by atoms with E-state index in [0.29, 0.717) is 5.65 Å². The Kier molecular flexibility index (Phi) is 4.13. The molecule has 2 N–H and O–H groups in total. The van der Waals surface area contributed by atoms with Crippen LogP contribution in [0.25, 0.3) is 44.7 Å².